The second-order valence-electron chi connectivity index (χ2n) is 3.98. The minimum atomic E-state index is -3.68. The highest BCUT2D eigenvalue weighted by molar-refractivity contribution is 7.92. The summed E-state index contributed by atoms with van der Waals surface area (Å²) in [6.07, 6.45) is 1.19. The van der Waals surface area contributed by atoms with E-state index in [2.05, 4.69) is 27.5 Å². The van der Waals surface area contributed by atoms with Gasteiger partial charge < -0.3 is 5.73 Å². The first-order chi connectivity index (χ1) is 9.76. The number of nitrogens with one attached hydrogen (secondary N) is 2. The molecule has 0 spiro atoms. The number of anilines is 1. The van der Waals surface area contributed by atoms with Crippen LogP contribution in [0.2, 0.25) is 0 Å². The molecule has 0 aliphatic heterocycles. The summed E-state index contributed by atoms with van der Waals surface area (Å²) in [5, 5.41) is 3.26. The van der Waals surface area contributed by atoms with E-state index in [4.69, 9.17) is 5.73 Å². The minimum Gasteiger partial charge on any atom is -0.375 e. The van der Waals surface area contributed by atoms with Crippen LogP contribution in [0.25, 0.3) is 0 Å². The summed E-state index contributed by atoms with van der Waals surface area (Å²) >= 11 is 4.48. The lowest BCUT2D eigenvalue weighted by atomic mass is 10.2. The third kappa shape index (κ3) is 5.23. The molecular formula is C11H14F2N4O2S2. The van der Waals surface area contributed by atoms with Gasteiger partial charge >= 0.3 is 0 Å². The Morgan fingerprint density at radius 2 is 2.14 bits per heavy atom. The molecule has 1 rings (SSSR count). The Bertz CT molecular complexity index is 662. The molecule has 0 saturated carbocycles. The highest BCUT2D eigenvalue weighted by atomic mass is 32.2. The highest BCUT2D eigenvalue weighted by Gasteiger charge is 2.16. The zero-order valence-electron chi connectivity index (χ0n) is 11.1. The number of halogens is 2. The van der Waals surface area contributed by atoms with Crippen LogP contribution in [0, 0.1) is 11.6 Å². The Hall–Kier alpha value is -1.81. The second kappa shape index (κ2) is 7.27. The summed E-state index contributed by atoms with van der Waals surface area (Å²) in [4.78, 5) is 0. The number of rotatable bonds is 6. The molecule has 1 aromatic carbocycles. The van der Waals surface area contributed by atoms with Gasteiger partial charge in [0.05, 0.1) is 23.2 Å². The normalized spacial score (nSPS) is 11.6. The predicted octanol–water partition coefficient (Wildman–Crippen LogP) is 1.28. The molecule has 4 N–H and O–H groups in total. The third-order valence-corrected chi connectivity index (χ3v) is 3.80. The first-order valence-electron chi connectivity index (χ1n) is 5.84. The van der Waals surface area contributed by atoms with Crippen molar-refractivity contribution in [1.82, 2.24) is 5.43 Å². The lowest BCUT2D eigenvalue weighted by Crippen LogP contribution is -2.24. The molecule has 10 heteroatoms. The molecule has 6 nitrogen and oxygen atoms in total. The molecular weight excluding hydrogens is 322 g/mol. The lowest BCUT2D eigenvalue weighted by molar-refractivity contribution is 0.579. The van der Waals surface area contributed by atoms with Crippen LogP contribution in [0.1, 0.15) is 18.9 Å². The summed E-state index contributed by atoms with van der Waals surface area (Å²) in [7, 11) is -3.68. The Morgan fingerprint density at radius 1 is 1.48 bits per heavy atom. The van der Waals surface area contributed by atoms with Crippen LogP contribution in [-0.2, 0) is 10.0 Å². The van der Waals surface area contributed by atoms with E-state index in [0.717, 1.165) is 18.3 Å². The molecule has 0 radical (unpaired) electrons. The van der Waals surface area contributed by atoms with Crippen molar-refractivity contribution in [2.75, 3.05) is 10.5 Å². The molecule has 0 amide bonds. The number of hydrogen-bond donors (Lipinski definition) is 3. The zero-order valence-corrected chi connectivity index (χ0v) is 12.7. The summed E-state index contributed by atoms with van der Waals surface area (Å²) < 4.78 is 52.9. The molecule has 21 heavy (non-hydrogen) atoms. The van der Waals surface area contributed by atoms with Crippen molar-refractivity contribution in [3.05, 3.63) is 29.3 Å². The van der Waals surface area contributed by atoms with E-state index in [1.807, 2.05) is 0 Å². The molecule has 0 unspecified atom stereocenters. The summed E-state index contributed by atoms with van der Waals surface area (Å²) in [6, 6.07) is 1.92. The molecule has 0 atom stereocenters. The van der Waals surface area contributed by atoms with E-state index in [1.165, 1.54) is 0 Å². The van der Waals surface area contributed by atoms with Gasteiger partial charge in [-0.2, -0.15) is 5.10 Å². The number of benzene rings is 1. The molecule has 0 aromatic heterocycles. The van der Waals surface area contributed by atoms with Crippen molar-refractivity contribution in [2.45, 2.75) is 13.3 Å². The Labute approximate surface area is 126 Å². The fourth-order valence-electron chi connectivity index (χ4n) is 1.41. The smallest absolute Gasteiger partial charge is 0.232 e. The number of nitrogens with two attached hydrogens (primary N) is 1. The van der Waals surface area contributed by atoms with E-state index in [1.54, 1.807) is 6.92 Å². The van der Waals surface area contributed by atoms with Crippen LogP contribution < -0.4 is 15.9 Å². The van der Waals surface area contributed by atoms with Crippen molar-refractivity contribution in [3.8, 4) is 0 Å². The number of nitrogens with zero attached hydrogens (tertiary/aromatic N) is 1. The maximum absolute atomic E-state index is 14.1. The fraction of sp³-hybridized carbons (Fsp3) is 0.273. The summed E-state index contributed by atoms with van der Waals surface area (Å²) in [6.45, 7) is 1.67. The Morgan fingerprint density at radius 3 is 2.71 bits per heavy atom. The van der Waals surface area contributed by atoms with Gasteiger partial charge in [-0.3, -0.25) is 10.1 Å². The molecule has 0 aliphatic carbocycles. The largest absolute Gasteiger partial charge is 0.375 e. The van der Waals surface area contributed by atoms with Gasteiger partial charge in [0.15, 0.2) is 10.9 Å². The van der Waals surface area contributed by atoms with Crippen molar-refractivity contribution < 1.29 is 17.2 Å². The zero-order chi connectivity index (χ0) is 16.0. The van der Waals surface area contributed by atoms with Gasteiger partial charge in [0.2, 0.25) is 10.0 Å². The van der Waals surface area contributed by atoms with Crippen molar-refractivity contribution in [3.63, 3.8) is 0 Å². The van der Waals surface area contributed by atoms with Crippen molar-refractivity contribution in [1.29, 1.82) is 0 Å². The monoisotopic (exact) mass is 336 g/mol. The first kappa shape index (κ1) is 17.2. The van der Waals surface area contributed by atoms with Crippen LogP contribution in [-0.4, -0.2) is 25.5 Å². The maximum atomic E-state index is 14.1. The number of thiocarbonyl (C=S) groups is 1. The Balaban J connectivity index is 3.09. The molecule has 0 aliphatic rings. The standard InChI is InChI=1S/C11H14F2N4O2S2/c1-2-5-21(18,19)17-9-4-3-8(12)7(10(9)13)6-15-16-11(14)20/h3-4,6,17H,2,5H2,1H3,(H3,14,16,20). The van der Waals surface area contributed by atoms with Gasteiger partial charge in [-0.05, 0) is 30.8 Å². The van der Waals surface area contributed by atoms with E-state index in [-0.39, 0.29) is 16.6 Å². The average Bonchev–Trinajstić information content (AvgIpc) is 2.36. The van der Waals surface area contributed by atoms with E-state index < -0.39 is 27.2 Å². The summed E-state index contributed by atoms with van der Waals surface area (Å²) in [5.74, 6) is -2.15. The molecule has 1 aromatic rings. The predicted molar refractivity (Wildman–Crippen MR) is 81.6 cm³/mol. The second-order valence-corrected chi connectivity index (χ2v) is 6.26. The van der Waals surface area contributed by atoms with Gasteiger partial charge in [0, 0.05) is 0 Å². The highest BCUT2D eigenvalue weighted by Crippen LogP contribution is 2.21. The van der Waals surface area contributed by atoms with Crippen LogP contribution in [0.5, 0.6) is 0 Å². The average molecular weight is 336 g/mol. The minimum absolute atomic E-state index is 0.170. The lowest BCUT2D eigenvalue weighted by Gasteiger charge is -2.10. The van der Waals surface area contributed by atoms with Gasteiger partial charge in [-0.15, -0.1) is 0 Å². The van der Waals surface area contributed by atoms with E-state index >= 15 is 0 Å². The maximum Gasteiger partial charge on any atom is 0.232 e. The van der Waals surface area contributed by atoms with E-state index in [0.29, 0.717) is 6.42 Å². The van der Waals surface area contributed by atoms with Crippen molar-refractivity contribution in [2.24, 2.45) is 10.8 Å². The number of sulfonamides is 1. The van der Waals surface area contributed by atoms with Crippen LogP contribution in [0.15, 0.2) is 17.2 Å². The molecule has 0 heterocycles. The van der Waals surface area contributed by atoms with E-state index in [9.17, 15) is 17.2 Å². The summed E-state index contributed by atoms with van der Waals surface area (Å²) in [5.41, 5.74) is 6.37. The van der Waals surface area contributed by atoms with Crippen LogP contribution in [0.4, 0.5) is 14.5 Å². The van der Waals surface area contributed by atoms with Gasteiger partial charge in [0.25, 0.3) is 0 Å². The Kier molecular flexibility index (Phi) is 5.97. The van der Waals surface area contributed by atoms with Gasteiger partial charge in [-0.25, -0.2) is 17.2 Å². The van der Waals surface area contributed by atoms with Gasteiger partial charge in [0.1, 0.15) is 5.82 Å². The first-order valence-corrected chi connectivity index (χ1v) is 7.90. The quantitative estimate of drug-likeness (QED) is 0.413. The third-order valence-electron chi connectivity index (χ3n) is 2.23. The van der Waals surface area contributed by atoms with Crippen molar-refractivity contribution >= 4 is 39.3 Å². The molecule has 116 valence electrons. The van der Waals surface area contributed by atoms with Crippen LogP contribution in [0.3, 0.4) is 0 Å². The molecule has 0 fully saturated rings. The topological polar surface area (TPSA) is 96.6 Å². The van der Waals surface area contributed by atoms with Crippen LogP contribution >= 0.6 is 12.2 Å². The number of hydrogen-bond acceptors (Lipinski definition) is 4. The molecule has 0 saturated heterocycles. The fourth-order valence-corrected chi connectivity index (χ4v) is 2.60. The molecule has 0 bridgehead atoms. The number of hydrazone groups is 1. The van der Waals surface area contributed by atoms with Gasteiger partial charge in [-0.1, -0.05) is 6.92 Å². The SMILES string of the molecule is CCCS(=O)(=O)Nc1ccc(F)c(C=NNC(N)=S)c1F.